The highest BCUT2D eigenvalue weighted by atomic mass is 19.1. The molecular weight excluding hydrogens is 530 g/mol. The Labute approximate surface area is 237 Å². The molecule has 3 atom stereocenters. The largest absolute Gasteiger partial charge is 0.508 e. The van der Waals surface area contributed by atoms with Crippen LogP contribution in [0.3, 0.4) is 0 Å². The second-order valence-electron chi connectivity index (χ2n) is 10.5. The molecule has 3 amide bonds. The number of fused-ring (bicyclic) bond motifs is 1. The van der Waals surface area contributed by atoms with Crippen LogP contribution in [0, 0.1) is 11.6 Å². The van der Waals surface area contributed by atoms with Crippen LogP contribution in [-0.2, 0) is 27.2 Å². The van der Waals surface area contributed by atoms with Gasteiger partial charge in [0, 0.05) is 31.5 Å². The number of hydrogen-bond acceptors (Lipinski definition) is 5. The number of benzene rings is 3. The van der Waals surface area contributed by atoms with E-state index in [4.69, 9.17) is 0 Å². The molecule has 0 saturated carbocycles. The number of rotatable bonds is 7. The zero-order valence-electron chi connectivity index (χ0n) is 22.9. The average molecular weight is 563 g/mol. The zero-order valence-corrected chi connectivity index (χ0v) is 22.9. The van der Waals surface area contributed by atoms with Crippen molar-refractivity contribution in [2.75, 3.05) is 20.1 Å². The predicted octanol–water partition coefficient (Wildman–Crippen LogP) is 3.66. The van der Waals surface area contributed by atoms with Crippen LogP contribution in [0.15, 0.2) is 72.8 Å². The minimum absolute atomic E-state index is 0.0456. The summed E-state index contributed by atoms with van der Waals surface area (Å²) in [5.41, 5.74) is 1.84. The van der Waals surface area contributed by atoms with Gasteiger partial charge < -0.3 is 14.9 Å². The SMILES string of the molecule is C[C@H](c1ccc(F)cc1F)N1C[C@@H]2N(C(=O)CN(C)N2C(=O)CCc2ccccc2)[C@@H](Cc2ccc(O)cc2)C1=O. The van der Waals surface area contributed by atoms with Crippen LogP contribution < -0.4 is 0 Å². The number of likely N-dealkylation sites (N-methyl/N-ethyl adjacent to an activating group) is 1. The molecule has 2 heterocycles. The number of carbonyl (C=O) groups is 3. The van der Waals surface area contributed by atoms with Crippen molar-refractivity contribution in [2.45, 2.75) is 44.4 Å². The number of hydrogen-bond donors (Lipinski definition) is 1. The summed E-state index contributed by atoms with van der Waals surface area (Å²) < 4.78 is 28.5. The van der Waals surface area contributed by atoms with E-state index in [1.807, 2.05) is 30.3 Å². The maximum Gasteiger partial charge on any atom is 0.246 e. The summed E-state index contributed by atoms with van der Waals surface area (Å²) in [6.07, 6.45) is -0.00506. The van der Waals surface area contributed by atoms with E-state index in [0.29, 0.717) is 12.0 Å². The number of aryl methyl sites for hydroxylation is 1. The Kier molecular flexibility index (Phi) is 8.03. The summed E-state index contributed by atoms with van der Waals surface area (Å²) in [5.74, 6) is -2.36. The number of hydrazine groups is 1. The second-order valence-corrected chi connectivity index (χ2v) is 10.5. The number of halogens is 2. The van der Waals surface area contributed by atoms with E-state index in [1.165, 1.54) is 33.0 Å². The number of phenolic OH excluding ortho intramolecular Hbond substituents is 1. The van der Waals surface area contributed by atoms with E-state index in [2.05, 4.69) is 0 Å². The van der Waals surface area contributed by atoms with Gasteiger partial charge in [-0.2, -0.15) is 0 Å². The highest BCUT2D eigenvalue weighted by Crippen LogP contribution is 2.34. The van der Waals surface area contributed by atoms with Crippen LogP contribution in [0.2, 0.25) is 0 Å². The first-order valence-electron chi connectivity index (χ1n) is 13.6. The molecule has 2 fully saturated rings. The Bertz CT molecular complexity index is 1440. The fourth-order valence-electron chi connectivity index (χ4n) is 5.75. The first-order valence-corrected chi connectivity index (χ1v) is 13.6. The molecule has 1 N–H and O–H groups in total. The highest BCUT2D eigenvalue weighted by molar-refractivity contribution is 5.92. The summed E-state index contributed by atoms with van der Waals surface area (Å²) >= 11 is 0. The van der Waals surface area contributed by atoms with Crippen molar-refractivity contribution in [2.24, 2.45) is 0 Å². The van der Waals surface area contributed by atoms with E-state index >= 15 is 0 Å². The molecule has 0 aliphatic carbocycles. The number of piperazine rings is 1. The third-order valence-electron chi connectivity index (χ3n) is 7.86. The number of phenols is 1. The molecule has 0 aromatic heterocycles. The van der Waals surface area contributed by atoms with E-state index in [1.54, 1.807) is 31.1 Å². The van der Waals surface area contributed by atoms with Gasteiger partial charge in [-0.05, 0) is 42.7 Å². The molecule has 0 radical (unpaired) electrons. The maximum absolute atomic E-state index is 14.8. The minimum Gasteiger partial charge on any atom is -0.508 e. The predicted molar refractivity (Wildman–Crippen MR) is 147 cm³/mol. The Balaban J connectivity index is 1.50. The van der Waals surface area contributed by atoms with Crippen molar-refractivity contribution in [1.29, 1.82) is 0 Å². The molecule has 2 saturated heterocycles. The molecule has 5 rings (SSSR count). The van der Waals surface area contributed by atoms with Gasteiger partial charge in [-0.3, -0.25) is 19.4 Å². The summed E-state index contributed by atoms with van der Waals surface area (Å²) in [4.78, 5) is 44.1. The number of carbonyl (C=O) groups excluding carboxylic acids is 3. The van der Waals surface area contributed by atoms with Crippen LogP contribution in [0.1, 0.15) is 36.1 Å². The normalized spacial score (nSPS) is 20.2. The summed E-state index contributed by atoms with van der Waals surface area (Å²) in [7, 11) is 1.66. The molecule has 3 aromatic carbocycles. The van der Waals surface area contributed by atoms with Crippen molar-refractivity contribution < 1.29 is 28.3 Å². The van der Waals surface area contributed by atoms with Crippen LogP contribution in [0.25, 0.3) is 0 Å². The minimum atomic E-state index is -0.977. The monoisotopic (exact) mass is 562 g/mol. The molecule has 0 bridgehead atoms. The van der Waals surface area contributed by atoms with Crippen molar-refractivity contribution in [3.8, 4) is 5.75 Å². The quantitative estimate of drug-likeness (QED) is 0.475. The smallest absolute Gasteiger partial charge is 0.246 e. The zero-order chi connectivity index (χ0) is 29.3. The third-order valence-corrected chi connectivity index (χ3v) is 7.86. The topological polar surface area (TPSA) is 84.4 Å². The van der Waals surface area contributed by atoms with Gasteiger partial charge in [0.2, 0.25) is 17.7 Å². The fourth-order valence-corrected chi connectivity index (χ4v) is 5.75. The second kappa shape index (κ2) is 11.7. The van der Waals surface area contributed by atoms with E-state index in [0.717, 1.165) is 17.7 Å². The average Bonchev–Trinajstić information content (AvgIpc) is 2.94. The molecule has 3 aromatic rings. The maximum atomic E-state index is 14.8. The van der Waals surface area contributed by atoms with Crippen molar-refractivity contribution in [3.05, 3.63) is 101 Å². The van der Waals surface area contributed by atoms with Gasteiger partial charge in [-0.1, -0.05) is 48.5 Å². The number of nitrogens with zero attached hydrogens (tertiary/aromatic N) is 4. The standard InChI is InChI=1S/C31H32F2N4O4/c1-20(25-14-11-23(32)17-26(25)33)35-18-28-36(27(31(35)41)16-22-8-12-24(38)13-9-22)30(40)19-34(2)37(28)29(39)15-10-21-6-4-3-5-7-21/h3-9,11-14,17,20,27-28,38H,10,15-16,18-19H2,1-2H3/t20-,27+,28-/m1/s1. The molecule has 214 valence electrons. The lowest BCUT2D eigenvalue weighted by atomic mass is 9.96. The van der Waals surface area contributed by atoms with Crippen LogP contribution in [-0.4, -0.2) is 75.0 Å². The fraction of sp³-hybridized carbons (Fsp3) is 0.323. The lowest BCUT2D eigenvalue weighted by Crippen LogP contribution is -2.75. The molecule has 2 aliphatic rings. The Morgan fingerprint density at radius 1 is 1.00 bits per heavy atom. The third kappa shape index (κ3) is 5.78. The first-order chi connectivity index (χ1) is 19.6. The first kappa shape index (κ1) is 28.2. The van der Waals surface area contributed by atoms with Crippen LogP contribution in [0.4, 0.5) is 8.78 Å². The van der Waals surface area contributed by atoms with Gasteiger partial charge in [0.05, 0.1) is 19.1 Å². The Hall–Kier alpha value is -4.31. The Morgan fingerprint density at radius 3 is 2.39 bits per heavy atom. The number of aromatic hydroxyl groups is 1. The lowest BCUT2D eigenvalue weighted by Gasteiger charge is -2.55. The summed E-state index contributed by atoms with van der Waals surface area (Å²) in [6.45, 7) is 1.52. The van der Waals surface area contributed by atoms with Crippen molar-refractivity contribution in [1.82, 2.24) is 19.8 Å². The highest BCUT2D eigenvalue weighted by Gasteiger charge is 2.51. The Morgan fingerprint density at radius 2 is 1.71 bits per heavy atom. The van der Waals surface area contributed by atoms with E-state index in [-0.39, 0.29) is 49.1 Å². The van der Waals surface area contributed by atoms with Gasteiger partial charge in [0.25, 0.3) is 0 Å². The van der Waals surface area contributed by atoms with Crippen LogP contribution in [0.5, 0.6) is 5.75 Å². The molecule has 10 heteroatoms. The molecule has 8 nitrogen and oxygen atoms in total. The lowest BCUT2D eigenvalue weighted by molar-refractivity contribution is -0.204. The number of amides is 3. The summed E-state index contributed by atoms with van der Waals surface area (Å²) in [6, 6.07) is 17.4. The van der Waals surface area contributed by atoms with Crippen LogP contribution >= 0.6 is 0 Å². The molecule has 41 heavy (non-hydrogen) atoms. The molecule has 0 spiro atoms. The summed E-state index contributed by atoms with van der Waals surface area (Å²) in [5, 5.41) is 12.8. The van der Waals surface area contributed by atoms with Crippen molar-refractivity contribution in [3.63, 3.8) is 0 Å². The molecule has 2 aliphatic heterocycles. The molecule has 0 unspecified atom stereocenters. The van der Waals surface area contributed by atoms with Gasteiger partial charge in [0.1, 0.15) is 29.6 Å². The van der Waals surface area contributed by atoms with E-state index in [9.17, 15) is 28.3 Å². The molecular formula is C31H32F2N4O4. The van der Waals surface area contributed by atoms with Gasteiger partial charge in [-0.25, -0.2) is 13.8 Å². The van der Waals surface area contributed by atoms with Gasteiger partial charge in [-0.15, -0.1) is 0 Å². The van der Waals surface area contributed by atoms with E-state index < -0.39 is 35.8 Å². The van der Waals surface area contributed by atoms with Crippen molar-refractivity contribution >= 4 is 17.7 Å². The van der Waals surface area contributed by atoms with Gasteiger partial charge in [0.15, 0.2) is 0 Å². The van der Waals surface area contributed by atoms with Gasteiger partial charge >= 0.3 is 0 Å².